The SMILES string of the molecule is Cc1ccc(NC(=S)N2CCC(NC(=O)c3ccc(F)cc3)CC2)c(C)c1. The van der Waals surface area contributed by atoms with Gasteiger partial charge in [0.15, 0.2) is 5.11 Å². The molecule has 2 aromatic rings. The molecule has 27 heavy (non-hydrogen) atoms. The largest absolute Gasteiger partial charge is 0.349 e. The molecule has 2 aromatic carbocycles. The second-order valence-electron chi connectivity index (χ2n) is 6.99. The summed E-state index contributed by atoms with van der Waals surface area (Å²) >= 11 is 5.56. The minimum absolute atomic E-state index is 0.0997. The molecule has 1 aliphatic heterocycles. The number of piperidine rings is 1. The lowest BCUT2D eigenvalue weighted by atomic mass is 10.0. The molecule has 0 aromatic heterocycles. The molecule has 0 atom stereocenters. The number of likely N-dealkylation sites (tertiary alicyclic amines) is 1. The Labute approximate surface area is 164 Å². The van der Waals surface area contributed by atoms with Gasteiger partial charge in [0.2, 0.25) is 0 Å². The van der Waals surface area contributed by atoms with E-state index in [1.807, 2.05) is 6.07 Å². The zero-order valence-electron chi connectivity index (χ0n) is 15.6. The number of anilines is 1. The summed E-state index contributed by atoms with van der Waals surface area (Å²) in [5.74, 6) is -0.505. The monoisotopic (exact) mass is 385 g/mol. The smallest absolute Gasteiger partial charge is 0.251 e. The Morgan fingerprint density at radius 1 is 1.11 bits per heavy atom. The number of amides is 1. The number of nitrogens with zero attached hydrogens (tertiary/aromatic N) is 1. The van der Waals surface area contributed by atoms with Gasteiger partial charge >= 0.3 is 0 Å². The number of halogens is 1. The van der Waals surface area contributed by atoms with Crippen molar-refractivity contribution in [3.05, 3.63) is 65.0 Å². The van der Waals surface area contributed by atoms with Crippen LogP contribution in [-0.4, -0.2) is 35.1 Å². The van der Waals surface area contributed by atoms with E-state index in [2.05, 4.69) is 41.5 Å². The van der Waals surface area contributed by atoms with Gasteiger partial charge in [-0.15, -0.1) is 0 Å². The summed E-state index contributed by atoms with van der Waals surface area (Å²) in [4.78, 5) is 14.4. The summed E-state index contributed by atoms with van der Waals surface area (Å²) in [6.07, 6.45) is 1.64. The molecule has 1 aliphatic rings. The van der Waals surface area contributed by atoms with Gasteiger partial charge in [-0.1, -0.05) is 17.7 Å². The van der Waals surface area contributed by atoms with Crippen molar-refractivity contribution >= 4 is 28.9 Å². The van der Waals surface area contributed by atoms with E-state index in [0.29, 0.717) is 10.7 Å². The third kappa shape index (κ3) is 5.04. The molecule has 6 heteroatoms. The Morgan fingerprint density at radius 3 is 2.41 bits per heavy atom. The number of benzene rings is 2. The van der Waals surface area contributed by atoms with Crippen LogP contribution >= 0.6 is 12.2 Å². The van der Waals surface area contributed by atoms with Crippen molar-refractivity contribution in [3.63, 3.8) is 0 Å². The average Bonchev–Trinajstić information content (AvgIpc) is 2.65. The van der Waals surface area contributed by atoms with Crippen LogP contribution in [0.1, 0.15) is 34.3 Å². The highest BCUT2D eigenvalue weighted by atomic mass is 32.1. The topological polar surface area (TPSA) is 44.4 Å². The van der Waals surface area contributed by atoms with Gasteiger partial charge in [0.1, 0.15) is 5.82 Å². The van der Waals surface area contributed by atoms with E-state index in [1.54, 1.807) is 0 Å². The van der Waals surface area contributed by atoms with Crippen molar-refractivity contribution in [2.45, 2.75) is 32.7 Å². The molecular weight excluding hydrogens is 361 g/mol. The van der Waals surface area contributed by atoms with Crippen molar-refractivity contribution in [1.82, 2.24) is 10.2 Å². The molecule has 0 aliphatic carbocycles. The molecule has 142 valence electrons. The van der Waals surface area contributed by atoms with E-state index in [-0.39, 0.29) is 17.8 Å². The molecule has 1 amide bonds. The average molecular weight is 386 g/mol. The van der Waals surface area contributed by atoms with Crippen LogP contribution in [0.15, 0.2) is 42.5 Å². The lowest BCUT2D eigenvalue weighted by molar-refractivity contribution is 0.0922. The van der Waals surface area contributed by atoms with Crippen LogP contribution in [0.2, 0.25) is 0 Å². The summed E-state index contributed by atoms with van der Waals surface area (Å²) < 4.78 is 13.0. The van der Waals surface area contributed by atoms with Gasteiger partial charge in [0, 0.05) is 30.4 Å². The molecular formula is C21H24FN3OS. The summed E-state index contributed by atoms with van der Waals surface area (Å²) in [6.45, 7) is 5.70. The number of nitrogens with one attached hydrogen (secondary N) is 2. The fourth-order valence-electron chi connectivity index (χ4n) is 3.25. The van der Waals surface area contributed by atoms with E-state index in [1.165, 1.54) is 35.4 Å². The highest BCUT2D eigenvalue weighted by Gasteiger charge is 2.22. The zero-order chi connectivity index (χ0) is 19.4. The highest BCUT2D eigenvalue weighted by molar-refractivity contribution is 7.80. The Morgan fingerprint density at radius 2 is 1.78 bits per heavy atom. The third-order valence-corrected chi connectivity index (χ3v) is 5.21. The molecule has 2 N–H and O–H groups in total. The maximum absolute atomic E-state index is 13.0. The number of carbonyl (C=O) groups is 1. The van der Waals surface area contributed by atoms with Gasteiger partial charge in [-0.25, -0.2) is 4.39 Å². The standard InChI is InChI=1S/C21H24FN3OS/c1-14-3-8-19(15(2)13-14)24-21(27)25-11-9-18(10-12-25)23-20(26)16-4-6-17(22)7-5-16/h3-8,13,18H,9-12H2,1-2H3,(H,23,26)(H,24,27). The minimum Gasteiger partial charge on any atom is -0.349 e. The van der Waals surface area contributed by atoms with Gasteiger partial charge in [0.25, 0.3) is 5.91 Å². The minimum atomic E-state index is -0.343. The Kier molecular flexibility index (Phi) is 6.06. The van der Waals surface area contributed by atoms with Crippen LogP contribution in [0.3, 0.4) is 0 Å². The number of aryl methyl sites for hydroxylation is 2. The molecule has 3 rings (SSSR count). The molecule has 0 unspecified atom stereocenters. The number of hydrogen-bond donors (Lipinski definition) is 2. The molecule has 4 nitrogen and oxygen atoms in total. The van der Waals surface area contributed by atoms with Crippen molar-refractivity contribution in [2.24, 2.45) is 0 Å². The number of carbonyl (C=O) groups excluding carboxylic acids is 1. The first-order valence-electron chi connectivity index (χ1n) is 9.12. The Hall–Kier alpha value is -2.47. The van der Waals surface area contributed by atoms with Crippen molar-refractivity contribution < 1.29 is 9.18 Å². The quantitative estimate of drug-likeness (QED) is 0.783. The maximum Gasteiger partial charge on any atom is 0.251 e. The van der Waals surface area contributed by atoms with Crippen molar-refractivity contribution in [2.75, 3.05) is 18.4 Å². The second kappa shape index (κ2) is 8.48. The highest BCUT2D eigenvalue weighted by Crippen LogP contribution is 2.18. The fourth-order valence-corrected chi connectivity index (χ4v) is 3.54. The van der Waals surface area contributed by atoms with Gasteiger partial charge in [0.05, 0.1) is 0 Å². The first kappa shape index (κ1) is 19.3. The lowest BCUT2D eigenvalue weighted by Crippen LogP contribution is -2.47. The predicted molar refractivity (Wildman–Crippen MR) is 111 cm³/mol. The first-order valence-corrected chi connectivity index (χ1v) is 9.53. The van der Waals surface area contributed by atoms with Crippen LogP contribution in [0.4, 0.5) is 10.1 Å². The van der Waals surface area contributed by atoms with Gasteiger partial charge in [-0.05, 0) is 74.8 Å². The molecule has 1 heterocycles. The number of thiocarbonyl (C=S) groups is 1. The normalized spacial score (nSPS) is 14.7. The molecule has 0 saturated carbocycles. The van der Waals surface area contributed by atoms with E-state index >= 15 is 0 Å². The van der Waals surface area contributed by atoms with Crippen LogP contribution < -0.4 is 10.6 Å². The van der Waals surface area contributed by atoms with E-state index < -0.39 is 0 Å². The van der Waals surface area contributed by atoms with Crippen LogP contribution in [0.25, 0.3) is 0 Å². The third-order valence-electron chi connectivity index (χ3n) is 4.85. The van der Waals surface area contributed by atoms with E-state index in [0.717, 1.165) is 31.6 Å². The fraction of sp³-hybridized carbons (Fsp3) is 0.333. The Bertz CT molecular complexity index is 830. The molecule has 0 spiro atoms. The summed E-state index contributed by atoms with van der Waals surface area (Å²) in [5, 5.41) is 7.07. The van der Waals surface area contributed by atoms with Crippen LogP contribution in [-0.2, 0) is 0 Å². The Balaban J connectivity index is 1.50. The van der Waals surface area contributed by atoms with Crippen molar-refractivity contribution in [3.8, 4) is 0 Å². The van der Waals surface area contributed by atoms with Crippen LogP contribution in [0, 0.1) is 19.7 Å². The number of rotatable bonds is 3. The molecule has 1 fully saturated rings. The lowest BCUT2D eigenvalue weighted by Gasteiger charge is -2.34. The first-order chi connectivity index (χ1) is 12.9. The maximum atomic E-state index is 13.0. The van der Waals surface area contributed by atoms with E-state index in [9.17, 15) is 9.18 Å². The predicted octanol–water partition coefficient (Wildman–Crippen LogP) is 4.03. The van der Waals surface area contributed by atoms with E-state index in [4.69, 9.17) is 12.2 Å². The van der Waals surface area contributed by atoms with Gasteiger partial charge < -0.3 is 15.5 Å². The van der Waals surface area contributed by atoms with Gasteiger partial charge in [-0.2, -0.15) is 0 Å². The summed E-state index contributed by atoms with van der Waals surface area (Å²) in [5.41, 5.74) is 3.89. The number of hydrogen-bond acceptors (Lipinski definition) is 2. The molecule has 0 radical (unpaired) electrons. The zero-order valence-corrected chi connectivity index (χ0v) is 16.4. The summed E-state index contributed by atoms with van der Waals surface area (Å²) in [7, 11) is 0. The summed E-state index contributed by atoms with van der Waals surface area (Å²) in [6, 6.07) is 11.9. The molecule has 0 bridgehead atoms. The molecule has 1 saturated heterocycles. The second-order valence-corrected chi connectivity index (χ2v) is 7.38. The van der Waals surface area contributed by atoms with Crippen LogP contribution in [0.5, 0.6) is 0 Å². The van der Waals surface area contributed by atoms with Gasteiger partial charge in [-0.3, -0.25) is 4.79 Å². The van der Waals surface area contributed by atoms with Crippen molar-refractivity contribution in [1.29, 1.82) is 0 Å².